The van der Waals surface area contributed by atoms with Crippen LogP contribution in [0.25, 0.3) is 0 Å². The van der Waals surface area contributed by atoms with Crippen molar-refractivity contribution in [2.24, 2.45) is 0 Å². The van der Waals surface area contributed by atoms with E-state index in [0.29, 0.717) is 6.04 Å². The highest BCUT2D eigenvalue weighted by atomic mass is 16.1. The molecule has 0 aliphatic carbocycles. The monoisotopic (exact) mass is 220 g/mol. The molecule has 0 saturated heterocycles. The zero-order valence-corrected chi connectivity index (χ0v) is 10.5. The summed E-state index contributed by atoms with van der Waals surface area (Å²) >= 11 is 0. The molecule has 16 heavy (non-hydrogen) atoms. The van der Waals surface area contributed by atoms with Crippen molar-refractivity contribution in [2.45, 2.75) is 40.2 Å². The number of ketones is 1. The molecule has 0 fully saturated rings. The fourth-order valence-corrected chi connectivity index (χ4v) is 1.71. The summed E-state index contributed by atoms with van der Waals surface area (Å²) in [5.41, 5.74) is 0.728. The first-order chi connectivity index (χ1) is 7.60. The lowest BCUT2D eigenvalue weighted by molar-refractivity contribution is 0.101. The molecule has 0 N–H and O–H groups in total. The number of hydrogen-bond donors (Lipinski definition) is 0. The van der Waals surface area contributed by atoms with Crippen molar-refractivity contribution in [3.63, 3.8) is 0 Å². The van der Waals surface area contributed by atoms with Crippen LogP contribution in [0, 0.1) is 0 Å². The molecule has 0 aliphatic rings. The molecule has 3 nitrogen and oxygen atoms in total. The van der Waals surface area contributed by atoms with E-state index < -0.39 is 0 Å². The largest absolute Gasteiger partial charge is 0.354 e. The van der Waals surface area contributed by atoms with Gasteiger partial charge in [-0.2, -0.15) is 0 Å². The van der Waals surface area contributed by atoms with E-state index in [4.69, 9.17) is 0 Å². The van der Waals surface area contributed by atoms with Crippen LogP contribution in [0.4, 0.5) is 5.82 Å². The molecule has 1 aromatic heterocycles. The number of Topliss-reactive ketones (excluding diaryl/α,β-unsaturated/α-hetero) is 1. The average Bonchev–Trinajstić information content (AvgIpc) is 2.30. The van der Waals surface area contributed by atoms with Gasteiger partial charge in [-0.05, 0) is 39.3 Å². The van der Waals surface area contributed by atoms with Crippen molar-refractivity contribution in [2.75, 3.05) is 11.4 Å². The van der Waals surface area contributed by atoms with E-state index in [9.17, 15) is 4.79 Å². The van der Waals surface area contributed by atoms with E-state index >= 15 is 0 Å². The van der Waals surface area contributed by atoms with Crippen molar-refractivity contribution in [1.82, 2.24) is 4.98 Å². The lowest BCUT2D eigenvalue weighted by Gasteiger charge is -2.28. The van der Waals surface area contributed by atoms with E-state index in [-0.39, 0.29) is 5.78 Å². The first-order valence-electron chi connectivity index (χ1n) is 5.83. The number of aromatic nitrogens is 1. The number of carbonyl (C=O) groups excluding carboxylic acids is 1. The number of pyridine rings is 1. The summed E-state index contributed by atoms with van der Waals surface area (Å²) in [4.78, 5) is 17.9. The van der Waals surface area contributed by atoms with Crippen molar-refractivity contribution in [3.8, 4) is 0 Å². The summed E-state index contributed by atoms with van der Waals surface area (Å²) in [5, 5.41) is 0. The molecule has 0 saturated carbocycles. The number of hydrogen-bond acceptors (Lipinski definition) is 3. The van der Waals surface area contributed by atoms with Crippen LogP contribution in [0.5, 0.6) is 0 Å². The fourth-order valence-electron chi connectivity index (χ4n) is 1.71. The second-order valence-electron chi connectivity index (χ2n) is 4.00. The standard InChI is InChI=1S/C13H20N2O/c1-5-10(3)15(6-2)13-9-12(11(4)16)7-8-14-13/h7-10H,5-6H2,1-4H3. The quantitative estimate of drug-likeness (QED) is 0.715. The fraction of sp³-hybridized carbons (Fsp3) is 0.538. The van der Waals surface area contributed by atoms with Crippen LogP contribution in [0.2, 0.25) is 0 Å². The number of nitrogens with zero attached hydrogens (tertiary/aromatic N) is 2. The van der Waals surface area contributed by atoms with E-state index in [2.05, 4.69) is 30.7 Å². The van der Waals surface area contributed by atoms with Gasteiger partial charge in [0.2, 0.25) is 0 Å². The Morgan fingerprint density at radius 1 is 1.50 bits per heavy atom. The minimum Gasteiger partial charge on any atom is -0.354 e. The molecular formula is C13H20N2O. The van der Waals surface area contributed by atoms with E-state index in [1.807, 2.05) is 6.07 Å². The Morgan fingerprint density at radius 2 is 2.19 bits per heavy atom. The summed E-state index contributed by atoms with van der Waals surface area (Å²) in [6.07, 6.45) is 2.77. The summed E-state index contributed by atoms with van der Waals surface area (Å²) in [7, 11) is 0. The van der Waals surface area contributed by atoms with E-state index in [1.54, 1.807) is 19.2 Å². The molecule has 1 atom stereocenters. The molecule has 1 rings (SSSR count). The lowest BCUT2D eigenvalue weighted by Crippen LogP contribution is -2.33. The third-order valence-corrected chi connectivity index (χ3v) is 2.91. The Balaban J connectivity index is 3.01. The highest BCUT2D eigenvalue weighted by Crippen LogP contribution is 2.17. The van der Waals surface area contributed by atoms with Crippen molar-refractivity contribution in [1.29, 1.82) is 0 Å². The minimum atomic E-state index is 0.0869. The molecule has 1 aromatic rings. The second-order valence-corrected chi connectivity index (χ2v) is 4.00. The van der Waals surface area contributed by atoms with Gasteiger partial charge in [-0.25, -0.2) is 4.98 Å². The smallest absolute Gasteiger partial charge is 0.159 e. The zero-order valence-electron chi connectivity index (χ0n) is 10.5. The Kier molecular flexibility index (Phi) is 4.47. The molecule has 0 bridgehead atoms. The average molecular weight is 220 g/mol. The van der Waals surface area contributed by atoms with Crippen molar-refractivity contribution < 1.29 is 4.79 Å². The van der Waals surface area contributed by atoms with Gasteiger partial charge in [0.15, 0.2) is 5.78 Å². The SMILES string of the molecule is CCC(C)N(CC)c1cc(C(C)=O)ccn1. The Bertz CT molecular complexity index is 363. The van der Waals surface area contributed by atoms with Gasteiger partial charge in [0.1, 0.15) is 5.82 Å². The lowest BCUT2D eigenvalue weighted by atomic mass is 10.1. The molecular weight excluding hydrogens is 200 g/mol. The normalized spacial score (nSPS) is 12.2. The number of rotatable bonds is 5. The van der Waals surface area contributed by atoms with Gasteiger partial charge in [-0.15, -0.1) is 0 Å². The third-order valence-electron chi connectivity index (χ3n) is 2.91. The van der Waals surface area contributed by atoms with Gasteiger partial charge in [0.25, 0.3) is 0 Å². The van der Waals surface area contributed by atoms with Crippen molar-refractivity contribution >= 4 is 11.6 Å². The van der Waals surface area contributed by atoms with E-state index in [0.717, 1.165) is 24.3 Å². The molecule has 88 valence electrons. The molecule has 0 aromatic carbocycles. The summed E-state index contributed by atoms with van der Waals surface area (Å²) in [6.45, 7) is 8.92. The Hall–Kier alpha value is -1.38. The van der Waals surface area contributed by atoms with Crippen LogP contribution in [-0.4, -0.2) is 23.4 Å². The maximum atomic E-state index is 11.3. The van der Waals surface area contributed by atoms with Crippen molar-refractivity contribution in [3.05, 3.63) is 23.9 Å². The maximum Gasteiger partial charge on any atom is 0.159 e. The highest BCUT2D eigenvalue weighted by Gasteiger charge is 2.13. The summed E-state index contributed by atoms with van der Waals surface area (Å²) in [5.74, 6) is 0.980. The Labute approximate surface area is 97.5 Å². The first-order valence-corrected chi connectivity index (χ1v) is 5.83. The van der Waals surface area contributed by atoms with Gasteiger partial charge in [0.05, 0.1) is 0 Å². The second kappa shape index (κ2) is 5.64. The summed E-state index contributed by atoms with van der Waals surface area (Å²) < 4.78 is 0. The van der Waals surface area contributed by atoms with Crippen LogP contribution in [0.3, 0.4) is 0 Å². The molecule has 3 heteroatoms. The Morgan fingerprint density at radius 3 is 2.69 bits per heavy atom. The number of carbonyl (C=O) groups is 1. The molecule has 1 unspecified atom stereocenters. The molecule has 0 radical (unpaired) electrons. The van der Waals surface area contributed by atoms with Gasteiger partial charge in [-0.3, -0.25) is 4.79 Å². The van der Waals surface area contributed by atoms with Gasteiger partial charge in [-0.1, -0.05) is 6.92 Å². The first kappa shape index (κ1) is 12.7. The third kappa shape index (κ3) is 2.81. The molecule has 1 heterocycles. The van der Waals surface area contributed by atoms with Gasteiger partial charge in [0, 0.05) is 24.3 Å². The van der Waals surface area contributed by atoms with Crippen LogP contribution in [0.1, 0.15) is 44.5 Å². The molecule has 0 aliphatic heterocycles. The van der Waals surface area contributed by atoms with Crippen LogP contribution in [0.15, 0.2) is 18.3 Å². The van der Waals surface area contributed by atoms with Crippen LogP contribution in [-0.2, 0) is 0 Å². The van der Waals surface area contributed by atoms with Crippen LogP contribution >= 0.6 is 0 Å². The van der Waals surface area contributed by atoms with E-state index in [1.165, 1.54) is 0 Å². The number of anilines is 1. The zero-order chi connectivity index (χ0) is 12.1. The minimum absolute atomic E-state index is 0.0869. The maximum absolute atomic E-state index is 11.3. The van der Waals surface area contributed by atoms with Gasteiger partial charge >= 0.3 is 0 Å². The highest BCUT2D eigenvalue weighted by molar-refractivity contribution is 5.94. The molecule has 0 amide bonds. The topological polar surface area (TPSA) is 33.2 Å². The predicted octanol–water partition coefficient (Wildman–Crippen LogP) is 2.91. The van der Waals surface area contributed by atoms with Crippen LogP contribution < -0.4 is 4.90 Å². The predicted molar refractivity (Wildman–Crippen MR) is 67.0 cm³/mol. The van der Waals surface area contributed by atoms with Gasteiger partial charge < -0.3 is 4.90 Å². The summed E-state index contributed by atoms with van der Waals surface area (Å²) in [6, 6.07) is 4.08. The molecule has 0 spiro atoms.